The fraction of sp³-hybridized carbons (Fsp3) is 0.267. The van der Waals surface area contributed by atoms with Crippen molar-refractivity contribution in [3.05, 3.63) is 40.0 Å². The van der Waals surface area contributed by atoms with Gasteiger partial charge in [0, 0.05) is 19.3 Å². The van der Waals surface area contributed by atoms with Crippen LogP contribution in [-0.4, -0.2) is 23.8 Å². The van der Waals surface area contributed by atoms with Gasteiger partial charge in [0.05, 0.1) is 16.3 Å². The van der Waals surface area contributed by atoms with Gasteiger partial charge in [-0.05, 0) is 31.0 Å². The molecule has 0 aliphatic rings. The van der Waals surface area contributed by atoms with Crippen LogP contribution in [0.4, 0.5) is 11.5 Å². The van der Waals surface area contributed by atoms with Crippen LogP contribution in [0.5, 0.6) is 0 Å². The van der Waals surface area contributed by atoms with Gasteiger partial charge in [-0.2, -0.15) is 15.6 Å². The van der Waals surface area contributed by atoms with Crippen LogP contribution in [0.2, 0.25) is 5.02 Å². The Bertz CT molecular complexity index is 752. The van der Waals surface area contributed by atoms with E-state index in [-0.39, 0.29) is 5.82 Å². The second-order valence-electron chi connectivity index (χ2n) is 4.88. The van der Waals surface area contributed by atoms with E-state index in [1.54, 1.807) is 12.1 Å². The molecule has 2 aromatic rings. The first-order chi connectivity index (χ1) is 10.6. The Hall–Kier alpha value is -2.70. The van der Waals surface area contributed by atoms with Crippen molar-refractivity contribution < 1.29 is 0 Å². The predicted octanol–water partition coefficient (Wildman–Crippen LogP) is 2.46. The van der Waals surface area contributed by atoms with Gasteiger partial charge in [-0.3, -0.25) is 5.10 Å². The minimum absolute atomic E-state index is 0.240. The van der Waals surface area contributed by atoms with E-state index in [1.165, 1.54) is 0 Å². The van der Waals surface area contributed by atoms with Gasteiger partial charge >= 0.3 is 0 Å². The van der Waals surface area contributed by atoms with E-state index in [2.05, 4.69) is 16.3 Å². The van der Waals surface area contributed by atoms with Gasteiger partial charge in [-0.15, -0.1) is 0 Å². The van der Waals surface area contributed by atoms with Crippen LogP contribution < -0.4 is 10.6 Å². The lowest BCUT2D eigenvalue weighted by atomic mass is 10.1. The first-order valence-electron chi connectivity index (χ1n) is 6.70. The van der Waals surface area contributed by atoms with Crippen LogP contribution in [0, 0.1) is 22.7 Å². The molecule has 0 saturated carbocycles. The lowest BCUT2D eigenvalue weighted by Crippen LogP contribution is -2.19. The van der Waals surface area contributed by atoms with E-state index >= 15 is 0 Å². The number of H-pyrrole nitrogens is 1. The molecule has 3 N–H and O–H groups in total. The summed E-state index contributed by atoms with van der Waals surface area (Å²) >= 11 is 6.03. The molecule has 0 radical (unpaired) electrons. The number of halogens is 1. The van der Waals surface area contributed by atoms with Crippen molar-refractivity contribution in [1.82, 2.24) is 10.2 Å². The summed E-state index contributed by atoms with van der Waals surface area (Å²) in [7, 11) is 1.95. The third-order valence-electron chi connectivity index (χ3n) is 3.42. The highest BCUT2D eigenvalue weighted by Gasteiger charge is 2.10. The lowest BCUT2D eigenvalue weighted by Gasteiger charge is -2.19. The number of rotatable bonds is 5. The third kappa shape index (κ3) is 3.30. The second-order valence-corrected chi connectivity index (χ2v) is 5.28. The molecule has 2 rings (SSSR count). The summed E-state index contributed by atoms with van der Waals surface area (Å²) in [5.74, 6) is 0.240. The number of aryl methyl sites for hydroxylation is 1. The average molecular weight is 315 g/mol. The van der Waals surface area contributed by atoms with Gasteiger partial charge in [0.25, 0.3) is 0 Å². The summed E-state index contributed by atoms with van der Waals surface area (Å²) in [6, 6.07) is 9.43. The van der Waals surface area contributed by atoms with E-state index in [0.717, 1.165) is 24.3 Å². The number of hydrogen-bond acceptors (Lipinski definition) is 5. The molecule has 0 unspecified atom stereocenters. The number of nitrogens with one attached hydrogen (secondary N) is 1. The molecule has 112 valence electrons. The van der Waals surface area contributed by atoms with Crippen molar-refractivity contribution in [2.75, 3.05) is 24.2 Å². The van der Waals surface area contributed by atoms with Crippen LogP contribution in [0.3, 0.4) is 0 Å². The standard InChI is InChI=1S/C15H15ClN6/c1-22(11-5-4-10(8-17)13(16)7-11)6-2-3-14-12(9-18)15(19)21-20-14/h4-5,7H,2-3,6H2,1H3,(H3,19,20,21). The summed E-state index contributed by atoms with van der Waals surface area (Å²) in [6.45, 7) is 0.770. The average Bonchev–Trinajstić information content (AvgIpc) is 2.87. The monoisotopic (exact) mass is 314 g/mol. The maximum Gasteiger partial charge on any atom is 0.163 e. The van der Waals surface area contributed by atoms with Crippen molar-refractivity contribution in [1.29, 1.82) is 10.5 Å². The largest absolute Gasteiger partial charge is 0.381 e. The van der Waals surface area contributed by atoms with Gasteiger partial charge in [0.1, 0.15) is 17.7 Å². The van der Waals surface area contributed by atoms with E-state index in [1.807, 2.05) is 24.1 Å². The summed E-state index contributed by atoms with van der Waals surface area (Å²) < 4.78 is 0. The van der Waals surface area contributed by atoms with E-state index in [0.29, 0.717) is 22.6 Å². The van der Waals surface area contributed by atoms with Crippen LogP contribution >= 0.6 is 11.6 Å². The molecule has 22 heavy (non-hydrogen) atoms. The Kier molecular flexibility index (Phi) is 4.88. The molecular formula is C15H15ClN6. The number of aromatic nitrogens is 2. The fourth-order valence-corrected chi connectivity index (χ4v) is 2.37. The number of anilines is 2. The Labute approximate surface area is 133 Å². The van der Waals surface area contributed by atoms with Crippen molar-refractivity contribution in [2.45, 2.75) is 12.8 Å². The number of nitrogens with zero attached hydrogens (tertiary/aromatic N) is 4. The molecule has 1 aromatic heterocycles. The van der Waals surface area contributed by atoms with Gasteiger partial charge in [-0.1, -0.05) is 11.6 Å². The molecule has 0 aliphatic heterocycles. The zero-order chi connectivity index (χ0) is 16.1. The normalized spacial score (nSPS) is 10.0. The molecule has 0 aliphatic carbocycles. The second kappa shape index (κ2) is 6.84. The topological polar surface area (TPSA) is 106 Å². The van der Waals surface area contributed by atoms with Crippen molar-refractivity contribution in [3.63, 3.8) is 0 Å². The zero-order valence-corrected chi connectivity index (χ0v) is 12.9. The third-order valence-corrected chi connectivity index (χ3v) is 3.73. The van der Waals surface area contributed by atoms with Crippen LogP contribution in [0.1, 0.15) is 23.2 Å². The molecular weight excluding hydrogens is 300 g/mol. The molecule has 0 spiro atoms. The summed E-state index contributed by atoms with van der Waals surface area (Å²) in [5, 5.41) is 25.0. The zero-order valence-electron chi connectivity index (χ0n) is 12.1. The Morgan fingerprint density at radius 3 is 2.77 bits per heavy atom. The number of benzene rings is 1. The number of nitrogen functional groups attached to an aromatic ring is 1. The molecule has 1 aromatic carbocycles. The minimum atomic E-state index is 0.240. The van der Waals surface area contributed by atoms with Crippen LogP contribution in [0.15, 0.2) is 18.2 Å². The molecule has 7 heteroatoms. The predicted molar refractivity (Wildman–Crippen MR) is 85.5 cm³/mol. The fourth-order valence-electron chi connectivity index (χ4n) is 2.15. The molecule has 0 fully saturated rings. The first kappa shape index (κ1) is 15.7. The number of nitrogens with two attached hydrogens (primary N) is 1. The Morgan fingerprint density at radius 2 is 2.14 bits per heavy atom. The van der Waals surface area contributed by atoms with Gasteiger partial charge < -0.3 is 10.6 Å². The van der Waals surface area contributed by atoms with Crippen LogP contribution in [-0.2, 0) is 6.42 Å². The van der Waals surface area contributed by atoms with Gasteiger partial charge in [0.15, 0.2) is 5.82 Å². The quantitative estimate of drug-likeness (QED) is 0.881. The number of hydrogen-bond donors (Lipinski definition) is 2. The minimum Gasteiger partial charge on any atom is -0.381 e. The number of aromatic amines is 1. The van der Waals surface area contributed by atoms with E-state index < -0.39 is 0 Å². The Balaban J connectivity index is 1.96. The van der Waals surface area contributed by atoms with Gasteiger partial charge in [0.2, 0.25) is 0 Å². The van der Waals surface area contributed by atoms with Crippen molar-refractivity contribution in [3.8, 4) is 12.1 Å². The molecule has 0 saturated heterocycles. The highest BCUT2D eigenvalue weighted by molar-refractivity contribution is 6.32. The molecule has 0 atom stereocenters. The maximum atomic E-state index is 9.01. The summed E-state index contributed by atoms with van der Waals surface area (Å²) in [6.07, 6.45) is 1.51. The maximum absolute atomic E-state index is 9.01. The Morgan fingerprint density at radius 1 is 1.36 bits per heavy atom. The molecule has 6 nitrogen and oxygen atoms in total. The summed E-state index contributed by atoms with van der Waals surface area (Å²) in [5.41, 5.74) is 8.18. The van der Waals surface area contributed by atoms with Crippen LogP contribution in [0.25, 0.3) is 0 Å². The lowest BCUT2D eigenvalue weighted by molar-refractivity contribution is 0.766. The van der Waals surface area contributed by atoms with Crippen molar-refractivity contribution >= 4 is 23.1 Å². The van der Waals surface area contributed by atoms with E-state index in [9.17, 15) is 0 Å². The SMILES string of the molecule is CN(CCCc1[nH]nc(N)c1C#N)c1ccc(C#N)c(Cl)c1. The molecule has 0 bridgehead atoms. The number of nitriles is 2. The highest BCUT2D eigenvalue weighted by Crippen LogP contribution is 2.23. The smallest absolute Gasteiger partial charge is 0.163 e. The molecule has 1 heterocycles. The summed E-state index contributed by atoms with van der Waals surface area (Å²) in [4.78, 5) is 2.04. The molecule has 0 amide bonds. The highest BCUT2D eigenvalue weighted by atomic mass is 35.5. The van der Waals surface area contributed by atoms with E-state index in [4.69, 9.17) is 27.9 Å². The van der Waals surface area contributed by atoms with Gasteiger partial charge in [-0.25, -0.2) is 0 Å². The van der Waals surface area contributed by atoms with Crippen molar-refractivity contribution in [2.24, 2.45) is 0 Å². The first-order valence-corrected chi connectivity index (χ1v) is 7.08.